The van der Waals surface area contributed by atoms with Crippen molar-refractivity contribution < 1.29 is 22.3 Å². The SMILES string of the molecule is N#CC1(CNc2cccc(-c3cc(N)ncc3Cl)n2)CCOCC1.O=S(=O)(NCCOCCNC1CCCCC1)c1ccc(F)cc1. The fourth-order valence-electron chi connectivity index (χ4n) is 5.37. The lowest BCUT2D eigenvalue weighted by Gasteiger charge is -2.30. The van der Waals surface area contributed by atoms with Crippen molar-refractivity contribution in [1.29, 1.82) is 5.26 Å². The Morgan fingerprint density at radius 2 is 1.81 bits per heavy atom. The molecule has 47 heavy (non-hydrogen) atoms. The van der Waals surface area contributed by atoms with Crippen LogP contribution in [0.2, 0.25) is 5.02 Å². The van der Waals surface area contributed by atoms with Gasteiger partial charge in [-0.3, -0.25) is 0 Å². The summed E-state index contributed by atoms with van der Waals surface area (Å²) in [5.41, 5.74) is 6.76. The van der Waals surface area contributed by atoms with Crippen LogP contribution in [0.4, 0.5) is 16.0 Å². The molecule has 5 N–H and O–H groups in total. The molecule has 11 nitrogen and oxygen atoms in total. The van der Waals surface area contributed by atoms with Crippen molar-refractivity contribution in [2.75, 3.05) is 57.1 Å². The van der Waals surface area contributed by atoms with Crippen LogP contribution in [0.15, 0.2) is 59.6 Å². The number of nitrogens with zero attached hydrogens (tertiary/aromatic N) is 3. The van der Waals surface area contributed by atoms with Gasteiger partial charge in [-0.25, -0.2) is 27.5 Å². The molecule has 0 bridgehead atoms. The van der Waals surface area contributed by atoms with E-state index in [0.717, 1.165) is 37.1 Å². The lowest BCUT2D eigenvalue weighted by atomic mass is 9.82. The normalized spacial score (nSPS) is 16.4. The van der Waals surface area contributed by atoms with Gasteiger partial charge in [0.1, 0.15) is 17.5 Å². The van der Waals surface area contributed by atoms with Gasteiger partial charge in [-0.05, 0) is 68.1 Å². The molecule has 254 valence electrons. The minimum atomic E-state index is -3.60. The number of pyridine rings is 2. The number of nitrogens with two attached hydrogens (primary N) is 1. The summed E-state index contributed by atoms with van der Waals surface area (Å²) in [4.78, 5) is 8.59. The monoisotopic (exact) mass is 687 g/mol. The quantitative estimate of drug-likeness (QED) is 0.177. The first-order chi connectivity index (χ1) is 22.7. The van der Waals surface area contributed by atoms with Crippen LogP contribution in [0.5, 0.6) is 0 Å². The van der Waals surface area contributed by atoms with Crippen LogP contribution in [0.25, 0.3) is 11.3 Å². The first-order valence-corrected chi connectivity index (χ1v) is 17.7. The molecule has 5 rings (SSSR count). The van der Waals surface area contributed by atoms with Crippen molar-refractivity contribution in [2.24, 2.45) is 5.41 Å². The standard InChI is InChI=1S/C17H18ClN5O.C16H25FN2O3S/c18-13-9-21-15(20)8-12(13)14-2-1-3-16(23-14)22-11-17(10-19)4-6-24-7-5-17;17-14-6-8-16(9-7-14)23(20,21)19-11-13-22-12-10-18-15-4-2-1-3-5-15/h1-3,8-9H,4-7,11H2,(H2,20,21)(H,22,23);6-9,15,18-19H,1-5,10-13H2. The maximum atomic E-state index is 12.8. The number of sulfonamides is 1. The van der Waals surface area contributed by atoms with E-state index in [1.54, 1.807) is 6.07 Å². The molecular formula is C33H43ClFN7O4S. The number of ether oxygens (including phenoxy) is 2. The summed E-state index contributed by atoms with van der Waals surface area (Å²) in [6.07, 6.45) is 9.36. The summed E-state index contributed by atoms with van der Waals surface area (Å²) < 4.78 is 49.9. The molecule has 3 heterocycles. The van der Waals surface area contributed by atoms with Crippen molar-refractivity contribution in [3.8, 4) is 17.3 Å². The summed E-state index contributed by atoms with van der Waals surface area (Å²) >= 11 is 6.19. The zero-order chi connectivity index (χ0) is 33.5. The third-order valence-corrected chi connectivity index (χ3v) is 9.92. The smallest absolute Gasteiger partial charge is 0.240 e. The van der Waals surface area contributed by atoms with Gasteiger partial charge in [-0.1, -0.05) is 36.9 Å². The number of aromatic nitrogens is 2. The fraction of sp³-hybridized carbons (Fsp3) is 0.485. The molecule has 1 aromatic carbocycles. The molecule has 2 aliphatic rings. The maximum Gasteiger partial charge on any atom is 0.240 e. The molecule has 14 heteroatoms. The van der Waals surface area contributed by atoms with Crippen LogP contribution in [0.3, 0.4) is 0 Å². The number of hydrogen-bond acceptors (Lipinski definition) is 10. The highest BCUT2D eigenvalue weighted by atomic mass is 35.5. The third kappa shape index (κ3) is 11.7. The predicted octanol–water partition coefficient (Wildman–Crippen LogP) is 5.15. The minimum absolute atomic E-state index is 0.0536. The van der Waals surface area contributed by atoms with Gasteiger partial charge in [0, 0.05) is 50.7 Å². The van der Waals surface area contributed by atoms with Crippen LogP contribution < -0.4 is 21.1 Å². The molecule has 0 atom stereocenters. The predicted molar refractivity (Wildman–Crippen MR) is 181 cm³/mol. The largest absolute Gasteiger partial charge is 0.384 e. The number of rotatable bonds is 13. The van der Waals surface area contributed by atoms with Gasteiger partial charge < -0.3 is 25.8 Å². The zero-order valence-corrected chi connectivity index (χ0v) is 28.0. The molecular weight excluding hydrogens is 645 g/mol. The lowest BCUT2D eigenvalue weighted by Crippen LogP contribution is -2.34. The van der Waals surface area contributed by atoms with Crippen molar-refractivity contribution in [1.82, 2.24) is 20.0 Å². The Hall–Kier alpha value is -3.38. The molecule has 2 fully saturated rings. The number of nitriles is 1. The number of hydrogen-bond donors (Lipinski definition) is 4. The summed E-state index contributed by atoms with van der Waals surface area (Å²) in [6, 6.07) is 15.1. The number of benzene rings is 1. The molecule has 2 aromatic heterocycles. The second kappa shape index (κ2) is 18.2. The fourth-order valence-corrected chi connectivity index (χ4v) is 6.59. The van der Waals surface area contributed by atoms with Crippen LogP contribution in [-0.4, -0.2) is 70.5 Å². The summed E-state index contributed by atoms with van der Waals surface area (Å²) in [6.45, 7) is 3.64. The highest BCUT2D eigenvalue weighted by Crippen LogP contribution is 2.31. The van der Waals surface area contributed by atoms with Crippen LogP contribution in [0.1, 0.15) is 44.9 Å². The number of halogens is 2. The second-order valence-corrected chi connectivity index (χ2v) is 13.8. The second-order valence-electron chi connectivity index (χ2n) is 11.6. The summed E-state index contributed by atoms with van der Waals surface area (Å²) in [7, 11) is -3.60. The Kier molecular flexibility index (Phi) is 14.1. The lowest BCUT2D eigenvalue weighted by molar-refractivity contribution is 0.0455. The molecule has 1 saturated heterocycles. The van der Waals surface area contributed by atoms with Crippen molar-refractivity contribution >= 4 is 33.3 Å². The zero-order valence-electron chi connectivity index (χ0n) is 26.4. The highest BCUT2D eigenvalue weighted by molar-refractivity contribution is 7.89. The van der Waals surface area contributed by atoms with E-state index in [9.17, 15) is 18.1 Å². The molecule has 3 aromatic rings. The maximum absolute atomic E-state index is 12.8. The Morgan fingerprint density at radius 1 is 1.09 bits per heavy atom. The molecule has 0 radical (unpaired) electrons. The molecule has 1 saturated carbocycles. The van der Waals surface area contributed by atoms with Gasteiger partial charge in [0.05, 0.1) is 40.3 Å². The van der Waals surface area contributed by atoms with Crippen molar-refractivity contribution in [2.45, 2.75) is 55.9 Å². The molecule has 0 spiro atoms. The van der Waals surface area contributed by atoms with Gasteiger partial charge in [0.15, 0.2) is 0 Å². The van der Waals surface area contributed by atoms with Crippen molar-refractivity contribution in [3.63, 3.8) is 0 Å². The van der Waals surface area contributed by atoms with Gasteiger partial charge in [-0.2, -0.15) is 5.26 Å². The number of nitrogen functional groups attached to an aromatic ring is 1. The first kappa shape index (κ1) is 36.5. The Labute approximate surface area is 281 Å². The number of nitrogens with one attached hydrogen (secondary N) is 3. The van der Waals surface area contributed by atoms with Gasteiger partial charge in [0.2, 0.25) is 10.0 Å². The molecule has 0 unspecified atom stereocenters. The van der Waals surface area contributed by atoms with E-state index < -0.39 is 21.3 Å². The van der Waals surface area contributed by atoms with E-state index in [4.69, 9.17) is 26.8 Å². The van der Waals surface area contributed by atoms with Gasteiger partial charge >= 0.3 is 0 Å². The van der Waals surface area contributed by atoms with Crippen LogP contribution in [-0.2, 0) is 19.5 Å². The molecule has 1 aliphatic heterocycles. The van der Waals surface area contributed by atoms with Crippen LogP contribution >= 0.6 is 11.6 Å². The van der Waals surface area contributed by atoms with E-state index in [0.29, 0.717) is 61.4 Å². The Balaban J connectivity index is 0.000000213. The summed E-state index contributed by atoms with van der Waals surface area (Å²) in [5, 5.41) is 16.7. The highest BCUT2D eigenvalue weighted by Gasteiger charge is 2.32. The molecule has 0 amide bonds. The molecule has 1 aliphatic carbocycles. The van der Waals surface area contributed by atoms with Crippen molar-refractivity contribution in [3.05, 3.63) is 65.6 Å². The average Bonchev–Trinajstić information content (AvgIpc) is 3.09. The van der Waals surface area contributed by atoms with E-state index in [-0.39, 0.29) is 11.4 Å². The minimum Gasteiger partial charge on any atom is -0.384 e. The van der Waals surface area contributed by atoms with Crippen LogP contribution in [0, 0.1) is 22.6 Å². The van der Waals surface area contributed by atoms with E-state index in [1.807, 2.05) is 18.2 Å². The van der Waals surface area contributed by atoms with Gasteiger partial charge in [-0.15, -0.1) is 0 Å². The average molecular weight is 688 g/mol. The van der Waals surface area contributed by atoms with E-state index in [2.05, 4.69) is 31.4 Å². The van der Waals surface area contributed by atoms with E-state index >= 15 is 0 Å². The summed E-state index contributed by atoms with van der Waals surface area (Å²) in [5.74, 6) is 0.623. The Bertz CT molecular complexity index is 1560. The van der Waals surface area contributed by atoms with E-state index in [1.165, 1.54) is 50.4 Å². The Morgan fingerprint density at radius 3 is 2.53 bits per heavy atom. The third-order valence-electron chi connectivity index (χ3n) is 8.14. The first-order valence-electron chi connectivity index (χ1n) is 15.9. The topological polar surface area (TPSA) is 164 Å². The van der Waals surface area contributed by atoms with Gasteiger partial charge in [0.25, 0.3) is 0 Å². The number of anilines is 2.